The van der Waals surface area contributed by atoms with Crippen molar-refractivity contribution in [3.8, 4) is 11.8 Å². The van der Waals surface area contributed by atoms with Crippen LogP contribution in [0.4, 0.5) is 4.39 Å². The highest BCUT2D eigenvalue weighted by molar-refractivity contribution is 7.99. The molecule has 24 heavy (non-hydrogen) atoms. The van der Waals surface area contributed by atoms with Gasteiger partial charge in [0, 0.05) is 18.6 Å². The first-order chi connectivity index (χ1) is 11.8. The lowest BCUT2D eigenvalue weighted by molar-refractivity contribution is 0.296. The van der Waals surface area contributed by atoms with Crippen LogP contribution in [0, 0.1) is 17.7 Å². The zero-order valence-electron chi connectivity index (χ0n) is 14.7. The van der Waals surface area contributed by atoms with E-state index in [-0.39, 0.29) is 5.82 Å². The van der Waals surface area contributed by atoms with E-state index in [1.807, 2.05) is 17.8 Å². The van der Waals surface area contributed by atoms with Crippen LogP contribution in [0.25, 0.3) is 0 Å². The first-order valence-electron chi connectivity index (χ1n) is 9.26. The molecule has 0 aromatic heterocycles. The van der Waals surface area contributed by atoms with Crippen LogP contribution in [0.15, 0.2) is 24.3 Å². The number of aliphatic hydroxyl groups is 1. The van der Waals surface area contributed by atoms with E-state index in [0.717, 1.165) is 30.6 Å². The lowest BCUT2D eigenvalue weighted by Gasteiger charge is -2.02. The van der Waals surface area contributed by atoms with Crippen LogP contribution < -0.4 is 0 Å². The highest BCUT2D eigenvalue weighted by Crippen LogP contribution is 2.12. The minimum atomic E-state index is -0.217. The van der Waals surface area contributed by atoms with Gasteiger partial charge in [-0.2, -0.15) is 11.8 Å². The van der Waals surface area contributed by atoms with Crippen molar-refractivity contribution in [1.29, 1.82) is 0 Å². The number of aliphatic hydroxyl groups excluding tert-OH is 1. The maximum Gasteiger partial charge on any atom is 0.124 e. The van der Waals surface area contributed by atoms with Crippen LogP contribution >= 0.6 is 11.8 Å². The molecule has 0 aliphatic carbocycles. The number of thioether (sulfide) groups is 1. The van der Waals surface area contributed by atoms with Gasteiger partial charge in [-0.15, -0.1) is 0 Å². The van der Waals surface area contributed by atoms with Gasteiger partial charge in [-0.05, 0) is 49.0 Å². The molecule has 1 aromatic carbocycles. The monoisotopic (exact) mass is 350 g/mol. The Kier molecular flexibility index (Phi) is 13.6. The van der Waals surface area contributed by atoms with Gasteiger partial charge in [0.25, 0.3) is 0 Å². The Hall–Kier alpha value is -0.980. The van der Waals surface area contributed by atoms with Crippen LogP contribution in [0.5, 0.6) is 0 Å². The molecule has 1 nitrogen and oxygen atoms in total. The summed E-state index contributed by atoms with van der Waals surface area (Å²) in [4.78, 5) is 0. The second-order valence-electron chi connectivity index (χ2n) is 6.08. The zero-order valence-corrected chi connectivity index (χ0v) is 15.6. The summed E-state index contributed by atoms with van der Waals surface area (Å²) in [5.74, 6) is 8.28. The molecule has 1 rings (SSSR count). The van der Waals surface area contributed by atoms with E-state index in [2.05, 4.69) is 11.8 Å². The Morgan fingerprint density at radius 3 is 2.25 bits per heavy atom. The molecule has 0 spiro atoms. The summed E-state index contributed by atoms with van der Waals surface area (Å²) >= 11 is 1.96. The van der Waals surface area contributed by atoms with Crippen LogP contribution in [0.2, 0.25) is 0 Å². The molecule has 0 fully saturated rings. The molecule has 0 aliphatic rings. The van der Waals surface area contributed by atoms with Gasteiger partial charge >= 0.3 is 0 Å². The molecule has 0 radical (unpaired) electrons. The summed E-state index contributed by atoms with van der Waals surface area (Å²) in [6.07, 6.45) is 12.2. The molecule has 134 valence electrons. The van der Waals surface area contributed by atoms with Crippen molar-refractivity contribution in [2.24, 2.45) is 0 Å². The molecule has 0 atom stereocenters. The summed E-state index contributed by atoms with van der Waals surface area (Å²) in [6.45, 7) is 0.323. The summed E-state index contributed by atoms with van der Waals surface area (Å²) in [6, 6.07) is 6.48. The molecule has 0 saturated heterocycles. The standard InChI is InChI=1S/C21H31FOS/c22-21-15-11-14-20(19-21)13-9-7-5-3-1-2-4-6-8-10-17-24-18-12-16-23/h11,14-15,19,23H,1-8,10,12,16-18H2. The van der Waals surface area contributed by atoms with Crippen LogP contribution in [0.1, 0.15) is 69.8 Å². The van der Waals surface area contributed by atoms with Gasteiger partial charge in [0.2, 0.25) is 0 Å². The fourth-order valence-corrected chi connectivity index (χ4v) is 3.42. The predicted octanol–water partition coefficient (Wildman–Crippen LogP) is 5.80. The number of hydrogen-bond donors (Lipinski definition) is 1. The maximum atomic E-state index is 13.0. The average Bonchev–Trinajstić information content (AvgIpc) is 2.58. The predicted molar refractivity (Wildman–Crippen MR) is 104 cm³/mol. The number of halogens is 1. The lowest BCUT2D eigenvalue weighted by atomic mass is 10.1. The van der Waals surface area contributed by atoms with Gasteiger partial charge in [0.1, 0.15) is 5.82 Å². The van der Waals surface area contributed by atoms with Crippen molar-refractivity contribution < 1.29 is 9.50 Å². The summed E-state index contributed by atoms with van der Waals surface area (Å²) < 4.78 is 13.0. The Morgan fingerprint density at radius 2 is 1.54 bits per heavy atom. The molecule has 1 N–H and O–H groups in total. The molecule has 0 saturated carbocycles. The van der Waals surface area contributed by atoms with E-state index < -0.39 is 0 Å². The first kappa shape index (κ1) is 21.1. The van der Waals surface area contributed by atoms with Crippen LogP contribution in [0.3, 0.4) is 0 Å². The van der Waals surface area contributed by atoms with Crippen LogP contribution in [-0.2, 0) is 0 Å². The second-order valence-corrected chi connectivity index (χ2v) is 7.30. The zero-order chi connectivity index (χ0) is 17.3. The van der Waals surface area contributed by atoms with E-state index in [0.29, 0.717) is 6.61 Å². The first-order valence-corrected chi connectivity index (χ1v) is 10.4. The molecule has 0 heterocycles. The highest BCUT2D eigenvalue weighted by atomic mass is 32.2. The number of rotatable bonds is 13. The SMILES string of the molecule is OCCCSCCCCCCCCCCC#Cc1cccc(F)c1. The van der Waals surface area contributed by atoms with E-state index in [9.17, 15) is 4.39 Å². The Balaban J connectivity index is 1.84. The quantitative estimate of drug-likeness (QED) is 0.358. The van der Waals surface area contributed by atoms with E-state index in [4.69, 9.17) is 5.11 Å². The third kappa shape index (κ3) is 12.4. The van der Waals surface area contributed by atoms with Gasteiger partial charge in [0.15, 0.2) is 0 Å². The molecular formula is C21H31FOS. The van der Waals surface area contributed by atoms with Crippen molar-refractivity contribution in [2.45, 2.75) is 64.2 Å². The van der Waals surface area contributed by atoms with Crippen molar-refractivity contribution in [3.05, 3.63) is 35.6 Å². The lowest BCUT2D eigenvalue weighted by Crippen LogP contribution is -1.88. The minimum absolute atomic E-state index is 0.217. The van der Waals surface area contributed by atoms with Crippen molar-refractivity contribution in [3.63, 3.8) is 0 Å². The average molecular weight is 351 g/mol. The molecular weight excluding hydrogens is 319 g/mol. The van der Waals surface area contributed by atoms with Gasteiger partial charge in [-0.1, -0.05) is 56.4 Å². The van der Waals surface area contributed by atoms with Crippen molar-refractivity contribution in [2.75, 3.05) is 18.1 Å². The summed E-state index contributed by atoms with van der Waals surface area (Å²) in [7, 11) is 0. The summed E-state index contributed by atoms with van der Waals surface area (Å²) in [5, 5.41) is 8.69. The fraction of sp³-hybridized carbons (Fsp3) is 0.619. The molecule has 0 aliphatic heterocycles. The maximum absolute atomic E-state index is 13.0. The third-order valence-corrected chi connectivity index (χ3v) is 5.00. The fourth-order valence-electron chi connectivity index (χ4n) is 2.48. The molecule has 0 unspecified atom stereocenters. The third-order valence-electron chi connectivity index (χ3n) is 3.84. The number of unbranched alkanes of at least 4 members (excludes halogenated alkanes) is 8. The normalized spacial score (nSPS) is 10.4. The Bertz CT molecular complexity index is 478. The minimum Gasteiger partial charge on any atom is -0.396 e. The summed E-state index contributed by atoms with van der Waals surface area (Å²) in [5.41, 5.74) is 0.768. The second kappa shape index (κ2) is 15.5. The molecule has 3 heteroatoms. The van der Waals surface area contributed by atoms with Gasteiger partial charge in [-0.25, -0.2) is 4.39 Å². The van der Waals surface area contributed by atoms with E-state index in [1.165, 1.54) is 62.8 Å². The van der Waals surface area contributed by atoms with Crippen molar-refractivity contribution in [1.82, 2.24) is 0 Å². The number of benzene rings is 1. The van der Waals surface area contributed by atoms with Crippen LogP contribution in [-0.4, -0.2) is 23.2 Å². The van der Waals surface area contributed by atoms with Crippen molar-refractivity contribution >= 4 is 11.8 Å². The molecule has 1 aromatic rings. The highest BCUT2D eigenvalue weighted by Gasteiger charge is 1.94. The smallest absolute Gasteiger partial charge is 0.124 e. The van der Waals surface area contributed by atoms with Gasteiger partial charge < -0.3 is 5.11 Å². The number of hydrogen-bond acceptors (Lipinski definition) is 2. The van der Waals surface area contributed by atoms with Gasteiger partial charge in [-0.3, -0.25) is 0 Å². The van der Waals surface area contributed by atoms with E-state index in [1.54, 1.807) is 6.07 Å². The Morgan fingerprint density at radius 1 is 0.875 bits per heavy atom. The van der Waals surface area contributed by atoms with E-state index >= 15 is 0 Å². The molecule has 0 bridgehead atoms. The topological polar surface area (TPSA) is 20.2 Å². The Labute approximate surface area is 151 Å². The molecule has 0 amide bonds. The largest absolute Gasteiger partial charge is 0.396 e. The van der Waals surface area contributed by atoms with Gasteiger partial charge in [0.05, 0.1) is 0 Å².